The number of nitrogens with one attached hydrogen (secondary N) is 2. The lowest BCUT2D eigenvalue weighted by molar-refractivity contribution is 0.0526. The zero-order valence-corrected chi connectivity index (χ0v) is 14.5. The summed E-state index contributed by atoms with van der Waals surface area (Å²) >= 11 is 0. The number of aromatic amines is 1. The molecule has 0 atom stereocenters. The molecule has 8 nitrogen and oxygen atoms in total. The van der Waals surface area contributed by atoms with Gasteiger partial charge in [-0.3, -0.25) is 10.1 Å². The summed E-state index contributed by atoms with van der Waals surface area (Å²) in [5, 5.41) is 2.92. The van der Waals surface area contributed by atoms with E-state index in [-0.39, 0.29) is 11.4 Å². The SMILES string of the molecule is CCOC(=O)c1cccc(-c2ccc3c(C(N)=O)c(NC(N)=O)[nH]c3c2)c1. The maximum absolute atomic E-state index is 11.9. The van der Waals surface area contributed by atoms with Gasteiger partial charge in [0.25, 0.3) is 5.91 Å². The predicted molar refractivity (Wildman–Crippen MR) is 101 cm³/mol. The fraction of sp³-hybridized carbons (Fsp3) is 0.105. The Kier molecular flexibility index (Phi) is 4.80. The van der Waals surface area contributed by atoms with Crippen molar-refractivity contribution in [3.05, 3.63) is 53.6 Å². The summed E-state index contributed by atoms with van der Waals surface area (Å²) in [6, 6.07) is 11.5. The molecule has 0 spiro atoms. The molecule has 0 aliphatic rings. The first-order chi connectivity index (χ1) is 12.9. The van der Waals surface area contributed by atoms with Crippen LogP contribution in [0.1, 0.15) is 27.6 Å². The number of carbonyl (C=O) groups is 3. The summed E-state index contributed by atoms with van der Waals surface area (Å²) in [4.78, 5) is 37.8. The molecule has 0 aliphatic carbocycles. The van der Waals surface area contributed by atoms with Gasteiger partial charge in [-0.2, -0.15) is 0 Å². The van der Waals surface area contributed by atoms with Gasteiger partial charge in [-0.15, -0.1) is 0 Å². The van der Waals surface area contributed by atoms with E-state index >= 15 is 0 Å². The smallest absolute Gasteiger partial charge is 0.338 e. The standard InChI is InChI=1S/C19H18N4O4/c1-2-27-18(25)12-5-3-4-10(8-12)11-6-7-13-14(9-11)22-17(23-19(21)26)15(13)16(20)24/h3-9,22H,2H2,1H3,(H2,20,24)(H3,21,23,26). The van der Waals surface area contributed by atoms with Crippen LogP contribution in [0.4, 0.5) is 10.6 Å². The van der Waals surface area contributed by atoms with Crippen LogP contribution in [0.5, 0.6) is 0 Å². The number of anilines is 1. The van der Waals surface area contributed by atoms with Crippen LogP contribution < -0.4 is 16.8 Å². The molecule has 0 aliphatic heterocycles. The Morgan fingerprint density at radius 2 is 1.81 bits per heavy atom. The highest BCUT2D eigenvalue weighted by Gasteiger charge is 2.18. The van der Waals surface area contributed by atoms with Crippen LogP contribution >= 0.6 is 0 Å². The molecule has 0 unspecified atom stereocenters. The van der Waals surface area contributed by atoms with E-state index in [1.165, 1.54) is 0 Å². The largest absolute Gasteiger partial charge is 0.462 e. The Morgan fingerprint density at radius 1 is 1.07 bits per heavy atom. The van der Waals surface area contributed by atoms with Gasteiger partial charge < -0.3 is 21.2 Å². The first-order valence-electron chi connectivity index (χ1n) is 8.20. The van der Waals surface area contributed by atoms with Gasteiger partial charge in [-0.1, -0.05) is 24.3 Å². The molecule has 1 aromatic heterocycles. The molecule has 3 rings (SSSR count). The third-order valence-corrected chi connectivity index (χ3v) is 4.00. The van der Waals surface area contributed by atoms with Gasteiger partial charge in [0.15, 0.2) is 0 Å². The van der Waals surface area contributed by atoms with Crippen LogP contribution in [0.25, 0.3) is 22.0 Å². The van der Waals surface area contributed by atoms with Crippen LogP contribution in [0, 0.1) is 0 Å². The van der Waals surface area contributed by atoms with Gasteiger partial charge in [0.2, 0.25) is 0 Å². The van der Waals surface area contributed by atoms with Crippen molar-refractivity contribution in [2.24, 2.45) is 11.5 Å². The summed E-state index contributed by atoms with van der Waals surface area (Å²) in [5.41, 5.74) is 13.3. The van der Waals surface area contributed by atoms with Crippen molar-refractivity contribution in [1.82, 2.24) is 4.98 Å². The summed E-state index contributed by atoms with van der Waals surface area (Å²) in [6.07, 6.45) is 0. The number of amides is 3. The number of fused-ring (bicyclic) bond motifs is 1. The van der Waals surface area contributed by atoms with Gasteiger partial charge in [0, 0.05) is 10.9 Å². The van der Waals surface area contributed by atoms with Gasteiger partial charge in [-0.25, -0.2) is 9.59 Å². The van der Waals surface area contributed by atoms with Crippen molar-refractivity contribution in [2.75, 3.05) is 11.9 Å². The van der Waals surface area contributed by atoms with Crippen molar-refractivity contribution >= 4 is 34.6 Å². The Bertz CT molecular complexity index is 1060. The summed E-state index contributed by atoms with van der Waals surface area (Å²) < 4.78 is 5.02. The van der Waals surface area contributed by atoms with Crippen LogP contribution in [0.3, 0.4) is 0 Å². The van der Waals surface area contributed by atoms with Crippen LogP contribution in [-0.2, 0) is 4.74 Å². The lowest BCUT2D eigenvalue weighted by atomic mass is 10.0. The normalized spacial score (nSPS) is 10.6. The molecular formula is C19H18N4O4. The Labute approximate surface area is 154 Å². The van der Waals surface area contributed by atoms with Crippen molar-refractivity contribution in [2.45, 2.75) is 6.92 Å². The van der Waals surface area contributed by atoms with E-state index in [1.54, 1.807) is 43.3 Å². The fourth-order valence-corrected chi connectivity index (χ4v) is 2.89. The van der Waals surface area contributed by atoms with E-state index in [0.717, 1.165) is 11.1 Å². The van der Waals surface area contributed by atoms with E-state index in [1.807, 2.05) is 6.07 Å². The number of esters is 1. The summed E-state index contributed by atoms with van der Waals surface area (Å²) in [6.45, 7) is 2.04. The molecule has 0 saturated carbocycles. The van der Waals surface area contributed by atoms with Gasteiger partial charge in [0.05, 0.1) is 17.7 Å². The average Bonchev–Trinajstić information content (AvgIpc) is 2.98. The lowest BCUT2D eigenvalue weighted by Gasteiger charge is -2.06. The quantitative estimate of drug-likeness (QED) is 0.515. The Balaban J connectivity index is 2.07. The summed E-state index contributed by atoms with van der Waals surface area (Å²) in [7, 11) is 0. The summed E-state index contributed by atoms with van der Waals surface area (Å²) in [5.74, 6) is -0.950. The minimum absolute atomic E-state index is 0.141. The molecule has 0 fully saturated rings. The van der Waals surface area contributed by atoms with Gasteiger partial charge in [-0.05, 0) is 36.2 Å². The van der Waals surface area contributed by atoms with Crippen molar-refractivity contribution < 1.29 is 19.1 Å². The highest BCUT2D eigenvalue weighted by Crippen LogP contribution is 2.30. The number of benzene rings is 2. The second-order valence-electron chi connectivity index (χ2n) is 5.79. The van der Waals surface area contributed by atoms with Crippen LogP contribution in [0.2, 0.25) is 0 Å². The van der Waals surface area contributed by atoms with E-state index in [4.69, 9.17) is 16.2 Å². The molecule has 138 valence electrons. The minimum atomic E-state index is -0.814. The van der Waals surface area contributed by atoms with Crippen LogP contribution in [-0.4, -0.2) is 29.5 Å². The predicted octanol–water partition coefficient (Wildman–Crippen LogP) is 2.60. The number of nitrogens with two attached hydrogens (primary N) is 2. The monoisotopic (exact) mass is 366 g/mol. The topological polar surface area (TPSA) is 140 Å². The molecule has 3 aromatic rings. The first-order valence-corrected chi connectivity index (χ1v) is 8.20. The maximum atomic E-state index is 11.9. The molecule has 0 radical (unpaired) electrons. The number of hydrogen-bond acceptors (Lipinski definition) is 4. The first kappa shape index (κ1) is 18.0. The molecule has 1 heterocycles. The zero-order chi connectivity index (χ0) is 19.6. The van der Waals surface area contributed by atoms with E-state index in [2.05, 4.69) is 10.3 Å². The van der Waals surface area contributed by atoms with E-state index < -0.39 is 17.9 Å². The Hall–Kier alpha value is -3.81. The zero-order valence-electron chi connectivity index (χ0n) is 14.5. The lowest BCUT2D eigenvalue weighted by Crippen LogP contribution is -2.22. The molecule has 3 amide bonds. The van der Waals surface area contributed by atoms with Gasteiger partial charge in [0.1, 0.15) is 5.82 Å². The number of ether oxygens (including phenoxy) is 1. The highest BCUT2D eigenvalue weighted by atomic mass is 16.5. The second kappa shape index (κ2) is 7.20. The maximum Gasteiger partial charge on any atom is 0.338 e. The van der Waals surface area contributed by atoms with Gasteiger partial charge >= 0.3 is 12.0 Å². The fourth-order valence-electron chi connectivity index (χ4n) is 2.89. The number of hydrogen-bond donors (Lipinski definition) is 4. The second-order valence-corrected chi connectivity index (χ2v) is 5.79. The van der Waals surface area contributed by atoms with Crippen molar-refractivity contribution in [3.63, 3.8) is 0 Å². The molecule has 0 saturated heterocycles. The molecular weight excluding hydrogens is 348 g/mol. The number of H-pyrrole nitrogens is 1. The molecule has 0 bridgehead atoms. The van der Waals surface area contributed by atoms with E-state index in [0.29, 0.717) is 23.1 Å². The van der Waals surface area contributed by atoms with E-state index in [9.17, 15) is 14.4 Å². The average molecular weight is 366 g/mol. The molecule has 8 heteroatoms. The molecule has 27 heavy (non-hydrogen) atoms. The number of rotatable bonds is 5. The number of carbonyl (C=O) groups excluding carboxylic acids is 3. The molecule has 6 N–H and O–H groups in total. The van der Waals surface area contributed by atoms with Crippen molar-refractivity contribution in [1.29, 1.82) is 0 Å². The molecule has 2 aromatic carbocycles. The third-order valence-electron chi connectivity index (χ3n) is 4.00. The number of urea groups is 1. The highest BCUT2D eigenvalue weighted by molar-refractivity contribution is 6.13. The minimum Gasteiger partial charge on any atom is -0.462 e. The third kappa shape index (κ3) is 3.59. The number of aromatic nitrogens is 1. The number of primary amides is 2. The van der Waals surface area contributed by atoms with Crippen molar-refractivity contribution in [3.8, 4) is 11.1 Å². The van der Waals surface area contributed by atoms with Crippen LogP contribution in [0.15, 0.2) is 42.5 Å². The Morgan fingerprint density at radius 3 is 2.48 bits per heavy atom.